The van der Waals surface area contributed by atoms with Crippen LogP contribution >= 0.6 is 0 Å². The molecule has 0 saturated heterocycles. The zero-order valence-corrected chi connectivity index (χ0v) is 14.3. The first-order valence-electron chi connectivity index (χ1n) is 8.47. The lowest BCUT2D eigenvalue weighted by Gasteiger charge is -2.13. The van der Waals surface area contributed by atoms with E-state index in [4.69, 9.17) is 0 Å². The Bertz CT molecular complexity index is 816. The normalized spacial score (nSPS) is 11.6. The standard InChI is InChI=1S/C22H22N2O/c1-17(18-9-4-2-5-10-18)16-23-22(25)19-11-8-14-21(15-19)24-20-12-6-3-7-13-20/h2-15,17,24H,16H2,1H3,(H,23,25). The van der Waals surface area contributed by atoms with Crippen molar-refractivity contribution >= 4 is 17.3 Å². The number of benzene rings is 3. The van der Waals surface area contributed by atoms with Crippen molar-refractivity contribution in [1.29, 1.82) is 0 Å². The first-order valence-corrected chi connectivity index (χ1v) is 8.47. The second kappa shape index (κ2) is 8.15. The Balaban J connectivity index is 1.61. The highest BCUT2D eigenvalue weighted by atomic mass is 16.1. The van der Waals surface area contributed by atoms with E-state index in [-0.39, 0.29) is 11.8 Å². The van der Waals surface area contributed by atoms with Crippen LogP contribution in [0.15, 0.2) is 84.9 Å². The fourth-order valence-corrected chi connectivity index (χ4v) is 2.67. The second-order valence-electron chi connectivity index (χ2n) is 6.09. The van der Waals surface area contributed by atoms with Gasteiger partial charge in [-0.25, -0.2) is 0 Å². The molecule has 2 N–H and O–H groups in total. The van der Waals surface area contributed by atoms with E-state index in [2.05, 4.69) is 29.7 Å². The number of rotatable bonds is 6. The van der Waals surface area contributed by atoms with E-state index in [0.717, 1.165) is 11.4 Å². The third-order valence-electron chi connectivity index (χ3n) is 4.12. The van der Waals surface area contributed by atoms with E-state index in [1.165, 1.54) is 5.56 Å². The topological polar surface area (TPSA) is 41.1 Å². The van der Waals surface area contributed by atoms with Crippen LogP contribution in [0.4, 0.5) is 11.4 Å². The summed E-state index contributed by atoms with van der Waals surface area (Å²) < 4.78 is 0. The van der Waals surface area contributed by atoms with Gasteiger partial charge >= 0.3 is 0 Å². The lowest BCUT2D eigenvalue weighted by molar-refractivity contribution is 0.0951. The number of carbonyl (C=O) groups is 1. The fraction of sp³-hybridized carbons (Fsp3) is 0.136. The molecule has 1 amide bonds. The summed E-state index contributed by atoms with van der Waals surface area (Å²) in [4.78, 5) is 12.4. The van der Waals surface area contributed by atoms with Crippen LogP contribution in [-0.4, -0.2) is 12.5 Å². The van der Waals surface area contributed by atoms with Crippen molar-refractivity contribution in [2.24, 2.45) is 0 Å². The molecule has 126 valence electrons. The number of hydrogen-bond acceptors (Lipinski definition) is 2. The largest absolute Gasteiger partial charge is 0.356 e. The Labute approximate surface area is 148 Å². The molecule has 0 aliphatic carbocycles. The van der Waals surface area contributed by atoms with Gasteiger partial charge in [-0.3, -0.25) is 4.79 Å². The van der Waals surface area contributed by atoms with E-state index in [9.17, 15) is 4.79 Å². The number of para-hydroxylation sites is 1. The van der Waals surface area contributed by atoms with Gasteiger partial charge in [-0.2, -0.15) is 0 Å². The Morgan fingerprint density at radius 2 is 1.48 bits per heavy atom. The molecular weight excluding hydrogens is 308 g/mol. The van der Waals surface area contributed by atoms with E-state index in [0.29, 0.717) is 12.1 Å². The van der Waals surface area contributed by atoms with Gasteiger partial charge in [0, 0.05) is 23.5 Å². The maximum Gasteiger partial charge on any atom is 0.251 e. The lowest BCUT2D eigenvalue weighted by Crippen LogP contribution is -2.27. The third-order valence-corrected chi connectivity index (χ3v) is 4.12. The van der Waals surface area contributed by atoms with Crippen molar-refractivity contribution in [3.05, 3.63) is 96.1 Å². The molecule has 3 aromatic rings. The summed E-state index contributed by atoms with van der Waals surface area (Å²) in [6, 6.07) is 27.7. The van der Waals surface area contributed by atoms with Gasteiger partial charge in [0.25, 0.3) is 5.91 Å². The van der Waals surface area contributed by atoms with Gasteiger partial charge in [-0.1, -0.05) is 61.5 Å². The first-order chi connectivity index (χ1) is 12.2. The second-order valence-corrected chi connectivity index (χ2v) is 6.09. The zero-order valence-electron chi connectivity index (χ0n) is 14.3. The molecular formula is C22H22N2O. The molecule has 3 aromatic carbocycles. The molecule has 0 heterocycles. The molecule has 0 spiro atoms. The molecule has 0 aliphatic rings. The summed E-state index contributed by atoms with van der Waals surface area (Å²) in [5.74, 6) is 0.218. The van der Waals surface area contributed by atoms with Gasteiger partial charge in [0.15, 0.2) is 0 Å². The minimum absolute atomic E-state index is 0.0560. The average molecular weight is 330 g/mol. The average Bonchev–Trinajstić information content (AvgIpc) is 2.67. The molecule has 0 radical (unpaired) electrons. The molecule has 0 aliphatic heterocycles. The molecule has 0 aromatic heterocycles. The fourth-order valence-electron chi connectivity index (χ4n) is 2.67. The smallest absolute Gasteiger partial charge is 0.251 e. The van der Waals surface area contributed by atoms with Crippen LogP contribution in [-0.2, 0) is 0 Å². The third kappa shape index (κ3) is 4.70. The molecule has 0 fully saturated rings. The molecule has 0 bridgehead atoms. The van der Waals surface area contributed by atoms with Gasteiger partial charge in [-0.05, 0) is 41.8 Å². The van der Waals surface area contributed by atoms with Gasteiger partial charge in [0.05, 0.1) is 0 Å². The Morgan fingerprint density at radius 3 is 2.20 bits per heavy atom. The number of carbonyl (C=O) groups excluding carboxylic acids is 1. The van der Waals surface area contributed by atoms with Crippen LogP contribution in [0.3, 0.4) is 0 Å². The van der Waals surface area contributed by atoms with Crippen LogP contribution < -0.4 is 10.6 Å². The van der Waals surface area contributed by atoms with Crippen LogP contribution in [0, 0.1) is 0 Å². The molecule has 0 saturated carbocycles. The van der Waals surface area contributed by atoms with E-state index in [1.54, 1.807) is 0 Å². The number of hydrogen-bond donors (Lipinski definition) is 2. The van der Waals surface area contributed by atoms with Gasteiger partial charge in [0.2, 0.25) is 0 Å². The van der Waals surface area contributed by atoms with E-state index >= 15 is 0 Å². The summed E-state index contributed by atoms with van der Waals surface area (Å²) in [6.07, 6.45) is 0. The molecule has 3 rings (SSSR count). The van der Waals surface area contributed by atoms with Crippen molar-refractivity contribution < 1.29 is 4.79 Å². The monoisotopic (exact) mass is 330 g/mol. The molecule has 1 atom stereocenters. The minimum atomic E-state index is -0.0560. The highest BCUT2D eigenvalue weighted by molar-refractivity contribution is 5.95. The summed E-state index contributed by atoms with van der Waals surface area (Å²) >= 11 is 0. The zero-order chi connectivity index (χ0) is 17.5. The summed E-state index contributed by atoms with van der Waals surface area (Å²) in [6.45, 7) is 2.72. The Morgan fingerprint density at radius 1 is 0.840 bits per heavy atom. The van der Waals surface area contributed by atoms with Gasteiger partial charge < -0.3 is 10.6 Å². The maximum atomic E-state index is 12.4. The highest BCUT2D eigenvalue weighted by Crippen LogP contribution is 2.18. The Hall–Kier alpha value is -3.07. The maximum absolute atomic E-state index is 12.4. The molecule has 1 unspecified atom stereocenters. The molecule has 3 nitrogen and oxygen atoms in total. The first kappa shape index (κ1) is 16.8. The Kier molecular flexibility index (Phi) is 5.47. The van der Waals surface area contributed by atoms with Crippen LogP contribution in [0.25, 0.3) is 0 Å². The summed E-state index contributed by atoms with van der Waals surface area (Å²) in [5.41, 5.74) is 3.77. The van der Waals surface area contributed by atoms with Crippen molar-refractivity contribution in [3.8, 4) is 0 Å². The summed E-state index contributed by atoms with van der Waals surface area (Å²) in [7, 11) is 0. The molecule has 3 heteroatoms. The predicted molar refractivity (Wildman–Crippen MR) is 103 cm³/mol. The lowest BCUT2D eigenvalue weighted by atomic mass is 10.0. The minimum Gasteiger partial charge on any atom is -0.356 e. The SMILES string of the molecule is CC(CNC(=O)c1cccc(Nc2ccccc2)c1)c1ccccc1. The van der Waals surface area contributed by atoms with Crippen molar-refractivity contribution in [1.82, 2.24) is 5.32 Å². The van der Waals surface area contributed by atoms with E-state index < -0.39 is 0 Å². The van der Waals surface area contributed by atoms with Gasteiger partial charge in [-0.15, -0.1) is 0 Å². The summed E-state index contributed by atoms with van der Waals surface area (Å²) in [5, 5.41) is 6.33. The van der Waals surface area contributed by atoms with Gasteiger partial charge in [0.1, 0.15) is 0 Å². The van der Waals surface area contributed by atoms with E-state index in [1.807, 2.05) is 72.8 Å². The molecule has 25 heavy (non-hydrogen) atoms. The number of amides is 1. The predicted octanol–water partition coefficient (Wildman–Crippen LogP) is 4.96. The van der Waals surface area contributed by atoms with Crippen LogP contribution in [0.1, 0.15) is 28.8 Å². The number of anilines is 2. The van der Waals surface area contributed by atoms with Crippen molar-refractivity contribution in [2.75, 3.05) is 11.9 Å². The number of nitrogens with one attached hydrogen (secondary N) is 2. The van der Waals surface area contributed by atoms with Crippen LogP contribution in [0.2, 0.25) is 0 Å². The quantitative estimate of drug-likeness (QED) is 0.670. The van der Waals surface area contributed by atoms with Crippen molar-refractivity contribution in [2.45, 2.75) is 12.8 Å². The highest BCUT2D eigenvalue weighted by Gasteiger charge is 2.10. The van der Waals surface area contributed by atoms with Crippen molar-refractivity contribution in [3.63, 3.8) is 0 Å². The van der Waals surface area contributed by atoms with Crippen LogP contribution in [0.5, 0.6) is 0 Å².